The molecule has 0 fully saturated rings. The van der Waals surface area contributed by atoms with Gasteiger partial charge >= 0.3 is 12.1 Å². The Morgan fingerprint density at radius 2 is 2.07 bits per heavy atom. The first-order valence-electron chi connectivity index (χ1n) is 8.20. The van der Waals surface area contributed by atoms with Gasteiger partial charge in [0.2, 0.25) is 5.82 Å². The maximum Gasteiger partial charge on any atom is 0.471 e. The van der Waals surface area contributed by atoms with Crippen molar-refractivity contribution in [3.05, 3.63) is 57.1 Å². The zero-order valence-electron chi connectivity index (χ0n) is 14.2. The van der Waals surface area contributed by atoms with E-state index in [9.17, 15) is 18.0 Å². The van der Waals surface area contributed by atoms with Crippen LogP contribution in [0.5, 0.6) is 0 Å². The number of carbonyl (C=O) groups excluding carboxylic acids is 1. The number of carbonyl (C=O) groups is 1. The Morgan fingerprint density at radius 3 is 2.78 bits per heavy atom. The van der Waals surface area contributed by atoms with Gasteiger partial charge in [-0.25, -0.2) is 0 Å². The number of aromatic nitrogens is 2. The van der Waals surface area contributed by atoms with E-state index in [2.05, 4.69) is 14.7 Å². The van der Waals surface area contributed by atoms with Crippen LogP contribution >= 0.6 is 11.3 Å². The van der Waals surface area contributed by atoms with Crippen molar-refractivity contribution in [1.29, 1.82) is 0 Å². The van der Waals surface area contributed by atoms with E-state index in [1.54, 1.807) is 16.3 Å². The number of nitrogens with zero attached hydrogens (tertiary/aromatic N) is 3. The summed E-state index contributed by atoms with van der Waals surface area (Å²) in [7, 11) is 0. The molecule has 0 aliphatic carbocycles. The van der Waals surface area contributed by atoms with Gasteiger partial charge in [-0.05, 0) is 30.5 Å². The molecular formula is C18H14F3N3O2S. The molecule has 0 saturated heterocycles. The zero-order valence-corrected chi connectivity index (χ0v) is 15.0. The van der Waals surface area contributed by atoms with Crippen LogP contribution in [0.1, 0.15) is 32.3 Å². The number of aryl methyl sites for hydroxylation is 1. The van der Waals surface area contributed by atoms with Crippen molar-refractivity contribution in [2.45, 2.75) is 26.1 Å². The van der Waals surface area contributed by atoms with Crippen molar-refractivity contribution in [2.75, 3.05) is 6.54 Å². The van der Waals surface area contributed by atoms with Crippen molar-refractivity contribution in [2.24, 2.45) is 0 Å². The standard InChI is InChI=1S/C18H14F3N3O2S/c1-10-4-2-3-5-11(10)16(25)24-7-6-14-12(8-24)13(9-27-14)15-22-17(26-23-15)18(19,20)21/h2-5,9H,6-8H2,1H3. The van der Waals surface area contributed by atoms with E-state index in [1.807, 2.05) is 25.1 Å². The Balaban J connectivity index is 1.63. The SMILES string of the molecule is Cc1ccccc1C(=O)N1CCc2scc(-c3noc(C(F)(F)F)n3)c2C1. The minimum Gasteiger partial charge on any atom is -0.334 e. The van der Waals surface area contributed by atoms with Crippen LogP contribution in [-0.2, 0) is 19.1 Å². The molecule has 140 valence electrons. The van der Waals surface area contributed by atoms with Crippen LogP contribution in [0.15, 0.2) is 34.2 Å². The van der Waals surface area contributed by atoms with Gasteiger partial charge in [0.1, 0.15) is 0 Å². The van der Waals surface area contributed by atoms with Gasteiger partial charge in [-0.15, -0.1) is 11.3 Å². The van der Waals surface area contributed by atoms with Crippen LogP contribution in [0.4, 0.5) is 13.2 Å². The first-order chi connectivity index (χ1) is 12.8. The summed E-state index contributed by atoms with van der Waals surface area (Å²) in [5.74, 6) is -1.58. The topological polar surface area (TPSA) is 59.2 Å². The Bertz CT molecular complexity index is 1010. The highest BCUT2D eigenvalue weighted by Crippen LogP contribution is 2.36. The quantitative estimate of drug-likeness (QED) is 0.651. The average molecular weight is 393 g/mol. The summed E-state index contributed by atoms with van der Waals surface area (Å²) in [5, 5.41) is 5.19. The molecule has 2 aromatic heterocycles. The second kappa shape index (κ2) is 6.49. The molecule has 0 radical (unpaired) electrons. The molecule has 3 aromatic rings. The number of hydrogen-bond donors (Lipinski definition) is 0. The van der Waals surface area contributed by atoms with Gasteiger partial charge in [0.25, 0.3) is 5.91 Å². The van der Waals surface area contributed by atoms with Gasteiger partial charge in [-0.2, -0.15) is 18.2 Å². The largest absolute Gasteiger partial charge is 0.471 e. The minimum absolute atomic E-state index is 0.0972. The van der Waals surface area contributed by atoms with E-state index >= 15 is 0 Å². The normalized spacial score (nSPS) is 14.3. The molecular weight excluding hydrogens is 379 g/mol. The number of hydrogen-bond acceptors (Lipinski definition) is 5. The fourth-order valence-electron chi connectivity index (χ4n) is 3.10. The summed E-state index contributed by atoms with van der Waals surface area (Å²) in [6.07, 6.45) is -4.05. The van der Waals surface area contributed by atoms with Crippen molar-refractivity contribution < 1.29 is 22.5 Å². The maximum absolute atomic E-state index is 12.9. The van der Waals surface area contributed by atoms with Crippen LogP contribution < -0.4 is 0 Å². The molecule has 5 nitrogen and oxygen atoms in total. The highest BCUT2D eigenvalue weighted by atomic mass is 32.1. The highest BCUT2D eigenvalue weighted by Gasteiger charge is 2.39. The molecule has 0 saturated carbocycles. The van der Waals surface area contributed by atoms with Crippen molar-refractivity contribution in [1.82, 2.24) is 15.0 Å². The first-order valence-corrected chi connectivity index (χ1v) is 9.08. The lowest BCUT2D eigenvalue weighted by Crippen LogP contribution is -2.35. The smallest absolute Gasteiger partial charge is 0.334 e. The summed E-state index contributed by atoms with van der Waals surface area (Å²) in [6, 6.07) is 7.32. The second-order valence-electron chi connectivity index (χ2n) is 6.26. The van der Waals surface area contributed by atoms with Gasteiger partial charge in [-0.3, -0.25) is 4.79 Å². The first kappa shape index (κ1) is 17.7. The molecule has 0 atom stereocenters. The molecule has 1 aliphatic rings. The third-order valence-electron chi connectivity index (χ3n) is 4.51. The number of benzene rings is 1. The number of fused-ring (bicyclic) bond motifs is 1. The number of halogens is 3. The molecule has 1 aliphatic heterocycles. The van der Waals surface area contributed by atoms with Gasteiger partial charge < -0.3 is 9.42 Å². The number of thiophene rings is 1. The number of alkyl halides is 3. The number of rotatable bonds is 2. The van der Waals surface area contributed by atoms with Crippen LogP contribution in [0, 0.1) is 6.92 Å². The van der Waals surface area contributed by atoms with Gasteiger partial charge in [0.05, 0.1) is 0 Å². The van der Waals surface area contributed by atoms with E-state index in [0.717, 1.165) is 16.0 Å². The van der Waals surface area contributed by atoms with Crippen molar-refractivity contribution in [3.8, 4) is 11.4 Å². The third kappa shape index (κ3) is 3.23. The van der Waals surface area contributed by atoms with Crippen LogP contribution in [0.25, 0.3) is 11.4 Å². The van der Waals surface area contributed by atoms with Gasteiger partial charge in [0.15, 0.2) is 0 Å². The summed E-state index contributed by atoms with van der Waals surface area (Å²) in [5.41, 5.74) is 2.77. The van der Waals surface area contributed by atoms with E-state index in [4.69, 9.17) is 0 Å². The summed E-state index contributed by atoms with van der Waals surface area (Å²) < 4.78 is 42.5. The molecule has 1 amide bonds. The van der Waals surface area contributed by atoms with Crippen LogP contribution in [-0.4, -0.2) is 27.5 Å². The summed E-state index contributed by atoms with van der Waals surface area (Å²) >= 11 is 1.44. The molecule has 0 N–H and O–H groups in total. The van der Waals surface area contributed by atoms with Gasteiger partial charge in [-0.1, -0.05) is 23.4 Å². The fourth-order valence-corrected chi connectivity index (χ4v) is 4.14. The predicted octanol–water partition coefficient (Wildman–Crippen LogP) is 4.32. The number of amides is 1. The van der Waals surface area contributed by atoms with E-state index in [-0.39, 0.29) is 11.7 Å². The molecule has 9 heteroatoms. The molecule has 1 aromatic carbocycles. The average Bonchev–Trinajstić information content (AvgIpc) is 3.27. The monoisotopic (exact) mass is 393 g/mol. The van der Waals surface area contributed by atoms with Crippen LogP contribution in [0.2, 0.25) is 0 Å². The maximum atomic E-state index is 12.9. The Hall–Kier alpha value is -2.68. The Labute approximate surface area is 156 Å². The third-order valence-corrected chi connectivity index (χ3v) is 5.60. The molecule has 4 rings (SSSR count). The van der Waals surface area contributed by atoms with Crippen LogP contribution in [0.3, 0.4) is 0 Å². The highest BCUT2D eigenvalue weighted by molar-refractivity contribution is 7.10. The lowest BCUT2D eigenvalue weighted by molar-refractivity contribution is -0.159. The van der Waals surface area contributed by atoms with E-state index in [1.165, 1.54) is 11.3 Å². The van der Waals surface area contributed by atoms with E-state index < -0.39 is 12.1 Å². The molecule has 3 heterocycles. The lowest BCUT2D eigenvalue weighted by Gasteiger charge is -2.28. The summed E-state index contributed by atoms with van der Waals surface area (Å²) in [6.45, 7) is 2.73. The zero-order chi connectivity index (χ0) is 19.2. The molecule has 27 heavy (non-hydrogen) atoms. The molecule has 0 bridgehead atoms. The lowest BCUT2D eigenvalue weighted by atomic mass is 10.0. The molecule has 0 spiro atoms. The fraction of sp³-hybridized carbons (Fsp3) is 0.278. The Kier molecular flexibility index (Phi) is 4.26. The Morgan fingerprint density at radius 1 is 1.30 bits per heavy atom. The van der Waals surface area contributed by atoms with Crippen molar-refractivity contribution in [3.63, 3.8) is 0 Å². The minimum atomic E-state index is -4.69. The van der Waals surface area contributed by atoms with Gasteiger partial charge in [0, 0.05) is 34.5 Å². The van der Waals surface area contributed by atoms with Crippen molar-refractivity contribution >= 4 is 17.2 Å². The predicted molar refractivity (Wildman–Crippen MR) is 92.2 cm³/mol. The second-order valence-corrected chi connectivity index (χ2v) is 7.23. The summed E-state index contributed by atoms with van der Waals surface area (Å²) in [4.78, 5) is 19.1. The molecule has 0 unspecified atom stereocenters. The van der Waals surface area contributed by atoms with E-state index in [0.29, 0.717) is 30.6 Å².